The Morgan fingerprint density at radius 1 is 1.41 bits per heavy atom. The van der Waals surface area contributed by atoms with E-state index in [1.54, 1.807) is 0 Å². The molecule has 2 atom stereocenters. The first kappa shape index (κ1) is 14.9. The first-order chi connectivity index (χ1) is 7.78. The van der Waals surface area contributed by atoms with Crippen LogP contribution in [0.2, 0.25) is 18.1 Å². The second kappa shape index (κ2) is 5.68. The van der Waals surface area contributed by atoms with Gasteiger partial charge in [0.15, 0.2) is 8.32 Å². The fraction of sp³-hybridized carbons (Fsp3) is 0.857. The molecule has 0 bridgehead atoms. The highest BCUT2D eigenvalue weighted by atomic mass is 28.4. The van der Waals surface area contributed by atoms with E-state index in [9.17, 15) is 0 Å². The summed E-state index contributed by atoms with van der Waals surface area (Å²) in [5.41, 5.74) is 0. The van der Waals surface area contributed by atoms with Gasteiger partial charge in [-0.2, -0.15) is 0 Å². The van der Waals surface area contributed by atoms with Gasteiger partial charge in [-0.1, -0.05) is 26.8 Å². The number of hydrogen-bond acceptors (Lipinski definition) is 2. The van der Waals surface area contributed by atoms with E-state index < -0.39 is 8.32 Å². The lowest BCUT2D eigenvalue weighted by molar-refractivity contribution is 0.0427. The molecule has 0 spiro atoms. The van der Waals surface area contributed by atoms with E-state index in [0.29, 0.717) is 6.10 Å². The first-order valence-corrected chi connectivity index (χ1v) is 9.59. The smallest absolute Gasteiger partial charge is 0.192 e. The van der Waals surface area contributed by atoms with E-state index in [0.717, 1.165) is 25.9 Å². The predicted octanol–water partition coefficient (Wildman–Crippen LogP) is 4.13. The van der Waals surface area contributed by atoms with Crippen LogP contribution in [0.15, 0.2) is 12.7 Å². The minimum absolute atomic E-state index is 0.276. The van der Waals surface area contributed by atoms with E-state index in [2.05, 4.69) is 40.4 Å². The largest absolute Gasteiger partial charge is 0.411 e. The molecule has 1 rings (SSSR count). The zero-order chi connectivity index (χ0) is 13.1. The molecular weight excluding hydrogens is 228 g/mol. The highest BCUT2D eigenvalue weighted by molar-refractivity contribution is 6.74. The maximum absolute atomic E-state index is 6.45. The van der Waals surface area contributed by atoms with Crippen molar-refractivity contribution in [2.45, 2.75) is 70.4 Å². The van der Waals surface area contributed by atoms with E-state index in [1.165, 1.54) is 0 Å². The maximum atomic E-state index is 6.45. The Kier molecular flexibility index (Phi) is 4.99. The molecule has 17 heavy (non-hydrogen) atoms. The molecule has 100 valence electrons. The van der Waals surface area contributed by atoms with Crippen molar-refractivity contribution in [2.75, 3.05) is 6.61 Å². The van der Waals surface area contributed by atoms with Crippen molar-refractivity contribution in [3.63, 3.8) is 0 Å². The van der Waals surface area contributed by atoms with Crippen molar-refractivity contribution in [3.8, 4) is 0 Å². The van der Waals surface area contributed by atoms with Gasteiger partial charge in [-0.25, -0.2) is 0 Å². The second-order valence-corrected chi connectivity index (χ2v) is 11.2. The van der Waals surface area contributed by atoms with Gasteiger partial charge in [-0.05, 0) is 37.4 Å². The Bertz CT molecular complexity index is 255. The molecule has 3 heteroatoms. The van der Waals surface area contributed by atoms with Gasteiger partial charge in [0, 0.05) is 6.61 Å². The van der Waals surface area contributed by atoms with Gasteiger partial charge >= 0.3 is 0 Å². The number of rotatable bonds is 5. The lowest BCUT2D eigenvalue weighted by Gasteiger charge is -2.39. The lowest BCUT2D eigenvalue weighted by atomic mass is 10.1. The van der Waals surface area contributed by atoms with Crippen molar-refractivity contribution in [1.82, 2.24) is 0 Å². The van der Waals surface area contributed by atoms with Crippen LogP contribution in [-0.4, -0.2) is 27.1 Å². The maximum Gasteiger partial charge on any atom is 0.192 e. The van der Waals surface area contributed by atoms with Crippen LogP contribution in [0.5, 0.6) is 0 Å². The number of allylic oxidation sites excluding steroid dienone is 1. The van der Waals surface area contributed by atoms with Gasteiger partial charge in [-0.3, -0.25) is 0 Å². The third-order valence-corrected chi connectivity index (χ3v) is 8.56. The molecular formula is C14H28O2Si. The van der Waals surface area contributed by atoms with Crippen LogP contribution in [0.3, 0.4) is 0 Å². The van der Waals surface area contributed by atoms with Crippen molar-refractivity contribution in [2.24, 2.45) is 0 Å². The van der Waals surface area contributed by atoms with Gasteiger partial charge in [0.1, 0.15) is 0 Å². The van der Waals surface area contributed by atoms with Crippen molar-refractivity contribution in [3.05, 3.63) is 12.7 Å². The van der Waals surface area contributed by atoms with Crippen molar-refractivity contribution < 1.29 is 9.16 Å². The minimum atomic E-state index is -1.66. The standard InChI is InChI=1S/C14H28O2Si/c1-7-8-9-12-13(10-11-15-12)16-17(5,6)14(2,3)4/h7,12-13H,1,8-11H2,2-6H3/t12-,13?/m1/s1. The highest BCUT2D eigenvalue weighted by Crippen LogP contribution is 2.39. The summed E-state index contributed by atoms with van der Waals surface area (Å²) < 4.78 is 12.2. The van der Waals surface area contributed by atoms with Gasteiger partial charge in [0.2, 0.25) is 0 Å². The summed E-state index contributed by atoms with van der Waals surface area (Å²) in [4.78, 5) is 0. The third-order valence-electron chi connectivity index (χ3n) is 4.06. The Labute approximate surface area is 108 Å². The number of ether oxygens (including phenoxy) is 1. The van der Waals surface area contributed by atoms with Gasteiger partial charge < -0.3 is 9.16 Å². The summed E-state index contributed by atoms with van der Waals surface area (Å²) in [6, 6.07) is 0. The molecule has 1 saturated heterocycles. The Balaban J connectivity index is 2.57. The molecule has 1 heterocycles. The SMILES string of the molecule is C=CCC[C@H]1OCCC1O[Si](C)(C)C(C)(C)C. The Morgan fingerprint density at radius 2 is 2.06 bits per heavy atom. The Hall–Kier alpha value is -0.123. The molecule has 0 aliphatic carbocycles. The van der Waals surface area contributed by atoms with Crippen molar-refractivity contribution >= 4 is 8.32 Å². The molecule has 0 amide bonds. The van der Waals surface area contributed by atoms with Crippen LogP contribution in [0.1, 0.15) is 40.0 Å². The molecule has 2 nitrogen and oxygen atoms in total. The van der Waals surface area contributed by atoms with Crippen LogP contribution < -0.4 is 0 Å². The van der Waals surface area contributed by atoms with Gasteiger partial charge in [0.25, 0.3) is 0 Å². The summed E-state index contributed by atoms with van der Waals surface area (Å²) in [6.07, 6.45) is 5.66. The molecule has 0 radical (unpaired) electrons. The predicted molar refractivity (Wildman–Crippen MR) is 75.9 cm³/mol. The summed E-state index contributed by atoms with van der Waals surface area (Å²) in [5, 5.41) is 0.276. The van der Waals surface area contributed by atoms with Gasteiger partial charge in [0.05, 0.1) is 12.2 Å². The van der Waals surface area contributed by atoms with E-state index in [1.807, 2.05) is 6.08 Å². The average molecular weight is 256 g/mol. The number of hydrogen-bond donors (Lipinski definition) is 0. The van der Waals surface area contributed by atoms with Gasteiger partial charge in [-0.15, -0.1) is 6.58 Å². The van der Waals surface area contributed by atoms with Crippen molar-refractivity contribution in [1.29, 1.82) is 0 Å². The lowest BCUT2D eigenvalue weighted by Crippen LogP contribution is -2.45. The molecule has 0 saturated carbocycles. The van der Waals surface area contributed by atoms with Crippen LogP contribution >= 0.6 is 0 Å². The van der Waals surface area contributed by atoms with E-state index in [4.69, 9.17) is 9.16 Å². The molecule has 0 aromatic heterocycles. The molecule has 1 aliphatic rings. The Morgan fingerprint density at radius 3 is 2.59 bits per heavy atom. The summed E-state index contributed by atoms with van der Waals surface area (Å²) in [5.74, 6) is 0. The minimum Gasteiger partial charge on any atom is -0.411 e. The molecule has 0 aromatic carbocycles. The fourth-order valence-electron chi connectivity index (χ4n) is 1.87. The zero-order valence-electron chi connectivity index (χ0n) is 12.1. The highest BCUT2D eigenvalue weighted by Gasteiger charge is 2.42. The first-order valence-electron chi connectivity index (χ1n) is 6.68. The van der Waals surface area contributed by atoms with E-state index >= 15 is 0 Å². The molecule has 1 aliphatic heterocycles. The molecule has 0 aromatic rings. The molecule has 1 fully saturated rings. The van der Waals surface area contributed by atoms with Crippen LogP contribution in [0, 0.1) is 0 Å². The van der Waals surface area contributed by atoms with E-state index in [-0.39, 0.29) is 11.1 Å². The topological polar surface area (TPSA) is 18.5 Å². The van der Waals surface area contributed by atoms with Crippen LogP contribution in [-0.2, 0) is 9.16 Å². The zero-order valence-corrected chi connectivity index (χ0v) is 13.1. The fourth-order valence-corrected chi connectivity index (χ4v) is 3.25. The normalized spacial score (nSPS) is 26.2. The average Bonchev–Trinajstić information content (AvgIpc) is 2.60. The summed E-state index contributed by atoms with van der Waals surface area (Å²) >= 11 is 0. The summed E-state index contributed by atoms with van der Waals surface area (Å²) in [7, 11) is -1.66. The molecule has 1 unspecified atom stereocenters. The third kappa shape index (κ3) is 3.93. The monoisotopic (exact) mass is 256 g/mol. The quantitative estimate of drug-likeness (QED) is 0.544. The summed E-state index contributed by atoms with van der Waals surface area (Å²) in [6.45, 7) is 16.1. The second-order valence-electron chi connectivity index (χ2n) is 6.48. The van der Waals surface area contributed by atoms with Crippen LogP contribution in [0.4, 0.5) is 0 Å². The van der Waals surface area contributed by atoms with Crippen LogP contribution in [0.25, 0.3) is 0 Å². The molecule has 0 N–H and O–H groups in total.